The van der Waals surface area contributed by atoms with Gasteiger partial charge in [-0.15, -0.1) is 0 Å². The topological polar surface area (TPSA) is 0 Å². The van der Waals surface area contributed by atoms with Crippen molar-refractivity contribution in [2.75, 3.05) is 0 Å². The fourth-order valence-corrected chi connectivity index (χ4v) is 12.6. The minimum Gasteiger partial charge on any atom is -0.358 e. The molecule has 5 rings (SSSR count). The molecule has 0 spiro atoms. The van der Waals surface area contributed by atoms with Crippen molar-refractivity contribution in [1.82, 2.24) is 0 Å². The predicted octanol–water partition coefficient (Wildman–Crippen LogP) is 32.7. The summed E-state index contributed by atoms with van der Waals surface area (Å²) < 4.78 is 0. The normalized spacial score (nSPS) is 16.6. The van der Waals surface area contributed by atoms with E-state index < -0.39 is 0 Å². The van der Waals surface area contributed by atoms with E-state index in [1.54, 1.807) is 0 Å². The maximum atomic E-state index is 2.39. The van der Waals surface area contributed by atoms with Gasteiger partial charge in [-0.2, -0.15) is 0 Å². The first-order valence-electron chi connectivity index (χ1n) is 34.7. The molecule has 89 heavy (non-hydrogen) atoms. The van der Waals surface area contributed by atoms with E-state index in [1.165, 1.54) is 231 Å². The molecule has 0 bridgehead atoms. The molecule has 5 aliphatic rings. The third-order valence-corrected chi connectivity index (χ3v) is 16.3. The first-order valence-corrected chi connectivity index (χ1v) is 34.7. The molecule has 5 heteroatoms. The van der Waals surface area contributed by atoms with Gasteiger partial charge in [-0.25, -0.2) is 0 Å². The van der Waals surface area contributed by atoms with Crippen LogP contribution in [-0.4, -0.2) is 0 Å². The molecule has 0 saturated heterocycles. The van der Waals surface area contributed by atoms with Crippen LogP contribution in [0, 0.1) is 150 Å². The molecule has 0 aromatic rings. The average Bonchev–Trinajstić information content (AvgIpc) is 4.12. The van der Waals surface area contributed by atoms with Gasteiger partial charge < -0.3 is 74.3 Å². The van der Waals surface area contributed by atoms with Crippen molar-refractivity contribution in [3.05, 3.63) is 74.3 Å². The molecule has 5 saturated carbocycles. The van der Waals surface area contributed by atoms with Crippen LogP contribution in [0.3, 0.4) is 0 Å². The first kappa shape index (κ1) is 147. The van der Waals surface area contributed by atoms with Gasteiger partial charge >= 0.3 is 97.4 Å². The van der Waals surface area contributed by atoms with Gasteiger partial charge in [0.2, 0.25) is 0 Å². The maximum absolute atomic E-state index is 2.39. The number of hydrogen-bond acceptors (Lipinski definition) is 0. The van der Waals surface area contributed by atoms with E-state index in [0.29, 0.717) is 10.8 Å². The second kappa shape index (κ2) is 105. The molecule has 0 nitrogen and oxygen atoms in total. The minimum atomic E-state index is 0. The van der Waals surface area contributed by atoms with Gasteiger partial charge in [0.25, 0.3) is 0 Å². The number of hydrogen-bond donors (Lipinski definition) is 0. The summed E-state index contributed by atoms with van der Waals surface area (Å²) in [6.07, 6.45) is 52.0. The quantitative estimate of drug-likeness (QED) is 0.0774. The summed E-state index contributed by atoms with van der Waals surface area (Å²) in [6.45, 7) is 57.4. The molecule has 0 radical (unpaired) electrons. The molecular weight excluding hydrogens is 1510 g/mol. The van der Waals surface area contributed by atoms with Crippen molar-refractivity contribution in [3.63, 3.8) is 0 Å². The Hall–Kier alpha value is 3.12. The van der Waals surface area contributed by atoms with E-state index in [1.807, 2.05) is 0 Å². The summed E-state index contributed by atoms with van der Waals surface area (Å²) in [4.78, 5) is 0. The van der Waals surface area contributed by atoms with Crippen LogP contribution in [0.1, 0.15) is 404 Å². The Morgan fingerprint density at radius 1 is 0.270 bits per heavy atom. The Labute approximate surface area is 646 Å². The van der Waals surface area contributed by atoms with E-state index in [2.05, 4.69) is 173 Å². The fraction of sp³-hybridized carbons (Fsp3) is 0.881. The zero-order chi connectivity index (χ0) is 57.8. The molecule has 0 aromatic carbocycles. The van der Waals surface area contributed by atoms with Crippen molar-refractivity contribution in [2.45, 2.75) is 404 Å². The van der Waals surface area contributed by atoms with Crippen molar-refractivity contribution in [1.29, 1.82) is 0 Å². The standard InChI is InChI=1S/2C9H18.3C7H14.5C7H16.10CH3.5Ru/c2*1-8-5-4-6-9(2,3)7-8;3*1-2-7-5-3-4-6-7;3*1-6(2)5-7(3)4;2*1-3-5-7-6-4-2;;;;;;;;;;;;;;;/h2*8H,4-7H2,1-3H3;3*7H,2-6H2,1H3;3*6-7H,5H2,1-4H3;2*3-7H2,1-2H3;10*1H3;;;;;/q;;;;;;;;;;10*-1;5*+2. The molecule has 0 amide bonds. The minimum absolute atomic E-state index is 0. The largest absolute Gasteiger partial charge is 2.00 e. The molecule has 5 aliphatic carbocycles. The van der Waals surface area contributed by atoms with Crippen molar-refractivity contribution >= 4 is 0 Å². The van der Waals surface area contributed by atoms with E-state index in [9.17, 15) is 0 Å². The zero-order valence-corrected chi connectivity index (χ0v) is 78.3. The van der Waals surface area contributed by atoms with E-state index in [0.717, 1.165) is 65.1 Å². The molecule has 0 aromatic heterocycles. The van der Waals surface area contributed by atoms with Crippen LogP contribution in [0.4, 0.5) is 0 Å². The molecular formula is C84H188Ru5. The van der Waals surface area contributed by atoms with Gasteiger partial charge in [-0.3, -0.25) is 0 Å². The van der Waals surface area contributed by atoms with E-state index in [4.69, 9.17) is 0 Å². The smallest absolute Gasteiger partial charge is 0.358 e. The SMILES string of the molecule is CC(C)CC(C)C.CC(C)CC(C)C.CC(C)CC(C)C.CC1CCCC(C)(C)C1.CC1CCCC(C)(C)C1.CCC1CCCC1.CCC1CCCC1.CCC1CCCC1.CCCCCCC.CCCCCCC.[CH3-].[CH3-].[CH3-].[CH3-].[CH3-].[CH3-].[CH3-].[CH3-].[CH3-].[CH3-].[Ru+2].[Ru+2].[Ru+2].[Ru+2].[Ru+2]. The summed E-state index contributed by atoms with van der Waals surface area (Å²) in [5, 5.41) is 0. The molecule has 2 atom stereocenters. The Morgan fingerprint density at radius 3 is 0.517 bits per heavy atom. The number of rotatable bonds is 17. The van der Waals surface area contributed by atoms with Crippen LogP contribution in [-0.2, 0) is 97.4 Å². The van der Waals surface area contributed by atoms with Crippen molar-refractivity contribution in [3.8, 4) is 0 Å². The first-order chi connectivity index (χ1) is 34.7. The predicted molar refractivity (Wildman–Crippen MR) is 415 cm³/mol. The Bertz CT molecular complexity index is 884. The molecule has 0 aliphatic heterocycles. The van der Waals surface area contributed by atoms with Crippen LogP contribution in [0.15, 0.2) is 0 Å². The van der Waals surface area contributed by atoms with Crippen molar-refractivity contribution in [2.24, 2.45) is 75.9 Å². The third-order valence-electron chi connectivity index (χ3n) is 16.3. The molecule has 0 heterocycles. The van der Waals surface area contributed by atoms with Crippen molar-refractivity contribution < 1.29 is 97.4 Å². The van der Waals surface area contributed by atoms with Gasteiger partial charge in [-0.05, 0) is 121 Å². The summed E-state index contributed by atoms with van der Waals surface area (Å²) >= 11 is 0. The van der Waals surface area contributed by atoms with Crippen LogP contribution in [0.5, 0.6) is 0 Å². The van der Waals surface area contributed by atoms with Gasteiger partial charge in [0.1, 0.15) is 0 Å². The van der Waals surface area contributed by atoms with Crippen LogP contribution < -0.4 is 0 Å². The Balaban J connectivity index is -0.0000000325. The number of unbranched alkanes of at least 4 members (excludes halogenated alkanes) is 8. The van der Waals surface area contributed by atoms with Gasteiger partial charge in [0.15, 0.2) is 0 Å². The monoisotopic (exact) mass is 1710 g/mol. The maximum Gasteiger partial charge on any atom is 2.00 e. The van der Waals surface area contributed by atoms with Crippen LogP contribution >= 0.6 is 0 Å². The summed E-state index contributed by atoms with van der Waals surface area (Å²) in [6, 6.07) is 0. The van der Waals surface area contributed by atoms with Crippen LogP contribution in [0.25, 0.3) is 0 Å². The van der Waals surface area contributed by atoms with Gasteiger partial charge in [-0.1, -0.05) is 359 Å². The van der Waals surface area contributed by atoms with Gasteiger partial charge in [0, 0.05) is 0 Å². The van der Waals surface area contributed by atoms with Gasteiger partial charge in [0.05, 0.1) is 0 Å². The Kier molecular flexibility index (Phi) is 173. The molecule has 5 fully saturated rings. The molecule has 2 unspecified atom stereocenters. The second-order valence-corrected chi connectivity index (χ2v) is 29.6. The summed E-state index contributed by atoms with van der Waals surface area (Å²) in [7, 11) is 0. The van der Waals surface area contributed by atoms with E-state index in [-0.39, 0.29) is 172 Å². The summed E-state index contributed by atoms with van der Waals surface area (Å²) in [5.74, 6) is 10.5. The third kappa shape index (κ3) is 132. The molecule has 0 N–H and O–H groups in total. The van der Waals surface area contributed by atoms with Crippen LogP contribution in [0.2, 0.25) is 0 Å². The zero-order valence-electron chi connectivity index (χ0n) is 69.6. The molecule has 564 valence electrons. The summed E-state index contributed by atoms with van der Waals surface area (Å²) in [5.41, 5.74) is 1.30. The van der Waals surface area contributed by atoms with E-state index >= 15 is 0 Å². The second-order valence-electron chi connectivity index (χ2n) is 29.6. The Morgan fingerprint density at radius 2 is 0.438 bits per heavy atom. The average molecular weight is 1700 g/mol. The fourth-order valence-electron chi connectivity index (χ4n) is 12.6.